The second kappa shape index (κ2) is 23.4. The Kier molecular flexibility index (Phi) is 18.8. The molecule has 6 amide bonds. The number of amides is 6. The lowest BCUT2D eigenvalue weighted by molar-refractivity contribution is -0.167. The zero-order chi connectivity index (χ0) is 49.9. The number of likely N-dealkylation sites (tertiary alicyclic amines) is 1. The summed E-state index contributed by atoms with van der Waals surface area (Å²) in [6, 6.07) is 10.7. The molecule has 6 N–H and O–H groups in total. The number of carboxylic acid groups (broad SMARTS) is 2. The maximum absolute atomic E-state index is 15.7. The SMILES string of the molecule is CN[C@H](C(=O)N[C@H](C(=O)N[C@@H](CC(=O)N1CCCC1)C(=O)N[C@H](C(=O)N(C(=O)C(Cc1ccccc1)Cc1ccccc1)[C@@H](CC(C)(C)C)C(=O)O)C1(C(=O)O)CCCC1)C(C)(C)C)C(C)C. The molecular weight excluding hydrogens is 857 g/mol. The number of carbonyl (C=O) groups excluding carboxylic acids is 6. The molecule has 1 saturated heterocycles. The van der Waals surface area contributed by atoms with E-state index in [2.05, 4.69) is 21.3 Å². The number of benzene rings is 2. The van der Waals surface area contributed by atoms with Gasteiger partial charge in [-0.1, -0.05) is 129 Å². The number of hydrogen-bond donors (Lipinski definition) is 6. The molecule has 0 aromatic heterocycles. The number of nitrogens with zero attached hydrogens (tertiary/aromatic N) is 2. The lowest BCUT2D eigenvalue weighted by atomic mass is 9.76. The number of carboxylic acids is 2. The van der Waals surface area contributed by atoms with Gasteiger partial charge in [0.1, 0.15) is 24.2 Å². The van der Waals surface area contributed by atoms with Gasteiger partial charge < -0.3 is 36.4 Å². The van der Waals surface area contributed by atoms with E-state index in [4.69, 9.17) is 0 Å². The van der Waals surface area contributed by atoms with Crippen LogP contribution in [0.3, 0.4) is 0 Å². The largest absolute Gasteiger partial charge is 0.481 e. The molecule has 1 saturated carbocycles. The van der Waals surface area contributed by atoms with E-state index >= 15 is 9.59 Å². The third-order valence-corrected chi connectivity index (χ3v) is 13.0. The van der Waals surface area contributed by atoms with Gasteiger partial charge >= 0.3 is 11.9 Å². The van der Waals surface area contributed by atoms with Crippen LogP contribution in [0.1, 0.15) is 118 Å². The van der Waals surface area contributed by atoms with Gasteiger partial charge in [-0.25, -0.2) is 4.79 Å². The summed E-state index contributed by atoms with van der Waals surface area (Å²) < 4.78 is 0. The zero-order valence-electron chi connectivity index (χ0n) is 40.9. The van der Waals surface area contributed by atoms with Crippen LogP contribution in [0.25, 0.3) is 0 Å². The van der Waals surface area contributed by atoms with E-state index in [1.165, 1.54) is 0 Å². The number of hydrogen-bond acceptors (Lipinski definition) is 9. The van der Waals surface area contributed by atoms with E-state index in [1.54, 1.807) is 77.8 Å². The van der Waals surface area contributed by atoms with Crippen LogP contribution in [-0.4, -0.2) is 118 Å². The fourth-order valence-electron chi connectivity index (χ4n) is 9.38. The number of imide groups is 1. The molecule has 16 nitrogen and oxygen atoms in total. The lowest BCUT2D eigenvalue weighted by Crippen LogP contribution is -2.66. The molecule has 0 spiro atoms. The van der Waals surface area contributed by atoms with E-state index in [1.807, 2.05) is 50.2 Å². The van der Waals surface area contributed by atoms with E-state index in [0.717, 1.165) is 24.0 Å². The molecule has 368 valence electrons. The summed E-state index contributed by atoms with van der Waals surface area (Å²) in [5.41, 5.74) is -2.20. The molecule has 5 atom stereocenters. The third kappa shape index (κ3) is 14.4. The predicted octanol–water partition coefficient (Wildman–Crippen LogP) is 4.73. The van der Waals surface area contributed by atoms with Crippen LogP contribution >= 0.6 is 0 Å². The van der Waals surface area contributed by atoms with Crippen molar-refractivity contribution in [2.24, 2.45) is 28.1 Å². The summed E-state index contributed by atoms with van der Waals surface area (Å²) in [7, 11) is 1.62. The molecule has 1 aliphatic carbocycles. The average Bonchev–Trinajstić information content (AvgIpc) is 3.98. The first-order valence-electron chi connectivity index (χ1n) is 23.7. The summed E-state index contributed by atoms with van der Waals surface area (Å²) in [5, 5.41) is 33.1. The fraction of sp³-hybridized carbons (Fsp3) is 0.608. The van der Waals surface area contributed by atoms with Crippen LogP contribution in [0.4, 0.5) is 0 Å². The number of carbonyl (C=O) groups is 8. The van der Waals surface area contributed by atoms with Crippen molar-refractivity contribution in [3.8, 4) is 0 Å². The molecule has 2 aromatic rings. The van der Waals surface area contributed by atoms with Crippen molar-refractivity contribution in [3.05, 3.63) is 71.8 Å². The van der Waals surface area contributed by atoms with Gasteiger partial charge in [0.2, 0.25) is 29.5 Å². The summed E-state index contributed by atoms with van der Waals surface area (Å²) >= 11 is 0. The van der Waals surface area contributed by atoms with Crippen molar-refractivity contribution in [2.45, 2.75) is 150 Å². The smallest absolute Gasteiger partial charge is 0.326 e. The molecule has 1 aliphatic heterocycles. The minimum atomic E-state index is -2.01. The molecule has 2 aliphatic rings. The Morgan fingerprint density at radius 3 is 1.66 bits per heavy atom. The molecule has 0 bridgehead atoms. The topological polar surface area (TPSA) is 232 Å². The Hall–Kier alpha value is -5.64. The standard InChI is InChI=1S/C51H74N6O10/c1-32(2)39(52-9)43(60)54-40(50(6,7)8)44(61)53-36(30-38(58)56-26-18-19-27-56)42(59)55-41(51(48(66)67)24-16-17-25-51)46(63)57(37(47(64)65)31-49(3,4)5)45(62)35(28-33-20-12-10-13-21-33)29-34-22-14-11-15-23-34/h10-15,20-23,32,35-37,39-41,52H,16-19,24-31H2,1-9H3,(H,53,61)(H,54,60)(H,55,59)(H,64,65)(H,66,67)/t36-,37-,39-,40+,41+/m0/s1. The molecular formula is C51H74N6O10. The highest BCUT2D eigenvalue weighted by atomic mass is 16.4. The summed E-state index contributed by atoms with van der Waals surface area (Å²) in [4.78, 5) is 117. The normalized spacial score (nSPS) is 17.2. The number of aliphatic carboxylic acids is 2. The van der Waals surface area contributed by atoms with Crippen LogP contribution in [0.5, 0.6) is 0 Å². The van der Waals surface area contributed by atoms with E-state index in [9.17, 15) is 39.0 Å². The van der Waals surface area contributed by atoms with Crippen molar-refractivity contribution in [3.63, 3.8) is 0 Å². The minimum absolute atomic E-state index is 0.0974. The maximum Gasteiger partial charge on any atom is 0.326 e. The molecule has 0 unspecified atom stereocenters. The summed E-state index contributed by atoms with van der Waals surface area (Å²) in [6.07, 6.45) is 1.38. The van der Waals surface area contributed by atoms with Gasteiger partial charge in [0, 0.05) is 19.0 Å². The molecule has 16 heteroatoms. The third-order valence-electron chi connectivity index (χ3n) is 13.0. The van der Waals surface area contributed by atoms with E-state index < -0.39 is 106 Å². The van der Waals surface area contributed by atoms with Crippen molar-refractivity contribution in [1.29, 1.82) is 0 Å². The monoisotopic (exact) mass is 931 g/mol. The first-order chi connectivity index (χ1) is 31.4. The van der Waals surface area contributed by atoms with Gasteiger partial charge in [-0.05, 0) is 79.9 Å². The molecule has 2 fully saturated rings. The van der Waals surface area contributed by atoms with Crippen LogP contribution < -0.4 is 21.3 Å². The van der Waals surface area contributed by atoms with Crippen LogP contribution in [-0.2, 0) is 51.2 Å². The van der Waals surface area contributed by atoms with Crippen LogP contribution in [0, 0.1) is 28.1 Å². The van der Waals surface area contributed by atoms with Crippen molar-refractivity contribution < 1.29 is 48.6 Å². The second-order valence-electron chi connectivity index (χ2n) is 21.0. The van der Waals surface area contributed by atoms with Gasteiger partial charge in [0.05, 0.1) is 17.9 Å². The second-order valence-corrected chi connectivity index (χ2v) is 21.0. The maximum atomic E-state index is 15.7. The highest BCUT2D eigenvalue weighted by Gasteiger charge is 2.56. The Morgan fingerprint density at radius 2 is 1.22 bits per heavy atom. The molecule has 1 heterocycles. The molecule has 67 heavy (non-hydrogen) atoms. The van der Waals surface area contributed by atoms with Gasteiger partial charge in [-0.15, -0.1) is 0 Å². The van der Waals surface area contributed by atoms with Crippen LogP contribution in [0.2, 0.25) is 0 Å². The average molecular weight is 931 g/mol. The Labute approximate surface area is 395 Å². The van der Waals surface area contributed by atoms with Gasteiger partial charge in [-0.3, -0.25) is 38.5 Å². The summed E-state index contributed by atoms with van der Waals surface area (Å²) in [5.74, 6) is -8.99. The highest BCUT2D eigenvalue weighted by molar-refractivity contribution is 6.06. The minimum Gasteiger partial charge on any atom is -0.481 e. The van der Waals surface area contributed by atoms with E-state index in [-0.39, 0.29) is 38.0 Å². The predicted molar refractivity (Wildman–Crippen MR) is 253 cm³/mol. The van der Waals surface area contributed by atoms with Crippen molar-refractivity contribution >= 4 is 47.4 Å². The van der Waals surface area contributed by atoms with E-state index in [0.29, 0.717) is 30.8 Å². The molecule has 4 rings (SSSR count). The quantitative estimate of drug-likeness (QED) is 0.100. The Balaban J connectivity index is 1.88. The highest BCUT2D eigenvalue weighted by Crippen LogP contribution is 2.43. The molecule has 0 radical (unpaired) electrons. The first kappa shape index (κ1) is 54.0. The van der Waals surface area contributed by atoms with Gasteiger partial charge in [0.25, 0.3) is 5.91 Å². The van der Waals surface area contributed by atoms with Crippen LogP contribution in [0.15, 0.2) is 60.7 Å². The molecule has 2 aromatic carbocycles. The first-order valence-corrected chi connectivity index (χ1v) is 23.7. The van der Waals surface area contributed by atoms with Gasteiger partial charge in [-0.2, -0.15) is 0 Å². The Morgan fingerprint density at radius 1 is 0.701 bits per heavy atom. The summed E-state index contributed by atoms with van der Waals surface area (Å²) in [6.45, 7) is 15.0. The van der Waals surface area contributed by atoms with Crippen molar-refractivity contribution in [2.75, 3.05) is 20.1 Å². The zero-order valence-corrected chi connectivity index (χ0v) is 40.9. The van der Waals surface area contributed by atoms with Crippen molar-refractivity contribution in [1.82, 2.24) is 31.1 Å². The number of likely N-dealkylation sites (N-methyl/N-ethyl adjacent to an activating group) is 1. The number of rotatable bonds is 21. The number of nitrogens with one attached hydrogen (secondary N) is 4. The lowest BCUT2D eigenvalue weighted by Gasteiger charge is -2.40. The fourth-order valence-corrected chi connectivity index (χ4v) is 9.38. The Bertz CT molecular complexity index is 2010. The van der Waals surface area contributed by atoms with Gasteiger partial charge in [0.15, 0.2) is 0 Å².